The van der Waals surface area contributed by atoms with Crippen LogP contribution in [0.1, 0.15) is 62.5 Å². The van der Waals surface area contributed by atoms with Crippen molar-refractivity contribution < 1.29 is 9.90 Å². The summed E-state index contributed by atoms with van der Waals surface area (Å²) in [5.74, 6) is -0.606. The molecule has 1 fully saturated rings. The zero-order valence-corrected chi connectivity index (χ0v) is 12.8. The van der Waals surface area contributed by atoms with Gasteiger partial charge in [-0.2, -0.15) is 0 Å². The summed E-state index contributed by atoms with van der Waals surface area (Å²) in [5, 5.41) is 9.04. The topological polar surface area (TPSA) is 40.5 Å². The molecule has 1 N–H and O–H groups in total. The van der Waals surface area contributed by atoms with Crippen molar-refractivity contribution in [3.63, 3.8) is 0 Å². The number of carbonyl (C=O) groups is 1. The molecule has 0 spiro atoms. The van der Waals surface area contributed by atoms with E-state index in [2.05, 4.69) is 23.1 Å². The van der Waals surface area contributed by atoms with Crippen LogP contribution in [-0.2, 0) is 11.2 Å². The van der Waals surface area contributed by atoms with E-state index in [1.807, 2.05) is 6.92 Å². The second kappa shape index (κ2) is 6.08. The lowest BCUT2D eigenvalue weighted by atomic mass is 9.91. The minimum atomic E-state index is -0.706. The van der Waals surface area contributed by atoms with Crippen molar-refractivity contribution in [1.82, 2.24) is 0 Å². The predicted molar refractivity (Wildman–Crippen MR) is 85.0 cm³/mol. The van der Waals surface area contributed by atoms with Crippen LogP contribution in [0.15, 0.2) is 18.2 Å². The Labute approximate surface area is 127 Å². The van der Waals surface area contributed by atoms with Gasteiger partial charge in [0.2, 0.25) is 0 Å². The number of hydrogen-bond donors (Lipinski definition) is 1. The maximum atomic E-state index is 11.0. The molecule has 1 aromatic carbocycles. The molecule has 0 bridgehead atoms. The van der Waals surface area contributed by atoms with Gasteiger partial charge in [0.05, 0.1) is 6.42 Å². The molecule has 3 heteroatoms. The lowest BCUT2D eigenvalue weighted by molar-refractivity contribution is -0.137. The molecule has 1 aliphatic carbocycles. The van der Waals surface area contributed by atoms with Gasteiger partial charge in [0.1, 0.15) is 0 Å². The number of hydrogen-bond acceptors (Lipinski definition) is 2. The van der Waals surface area contributed by atoms with Crippen molar-refractivity contribution in [2.24, 2.45) is 0 Å². The molecule has 114 valence electrons. The molecule has 0 radical (unpaired) electrons. The van der Waals surface area contributed by atoms with Crippen LogP contribution in [-0.4, -0.2) is 23.7 Å². The summed E-state index contributed by atoms with van der Waals surface area (Å²) in [6, 6.07) is 7.16. The summed E-state index contributed by atoms with van der Waals surface area (Å²) in [5.41, 5.74) is 4.02. The molecule has 1 atom stereocenters. The Kier molecular flexibility index (Phi) is 4.18. The zero-order valence-electron chi connectivity index (χ0n) is 12.8. The van der Waals surface area contributed by atoms with Crippen LogP contribution in [0.3, 0.4) is 0 Å². The van der Waals surface area contributed by atoms with Crippen molar-refractivity contribution in [2.45, 2.75) is 63.8 Å². The molecule has 0 aromatic heterocycles. The number of carboxylic acids is 1. The third-order valence-electron chi connectivity index (χ3n) is 5.13. The molecule has 2 aliphatic rings. The molecule has 3 nitrogen and oxygen atoms in total. The first-order valence-electron chi connectivity index (χ1n) is 8.27. The number of benzene rings is 1. The van der Waals surface area contributed by atoms with E-state index in [0.29, 0.717) is 6.04 Å². The first-order chi connectivity index (χ1) is 10.2. The van der Waals surface area contributed by atoms with Crippen molar-refractivity contribution >= 4 is 11.7 Å². The van der Waals surface area contributed by atoms with Crippen molar-refractivity contribution in [1.29, 1.82) is 0 Å². The monoisotopic (exact) mass is 287 g/mol. The molecule has 1 heterocycles. The van der Waals surface area contributed by atoms with Crippen molar-refractivity contribution in [3.05, 3.63) is 29.3 Å². The molecular weight excluding hydrogens is 262 g/mol. The van der Waals surface area contributed by atoms with E-state index in [1.165, 1.54) is 48.9 Å². The van der Waals surface area contributed by atoms with Crippen molar-refractivity contribution in [3.8, 4) is 0 Å². The van der Waals surface area contributed by atoms with Crippen LogP contribution >= 0.6 is 0 Å². The fourth-order valence-corrected chi connectivity index (χ4v) is 4.09. The summed E-state index contributed by atoms with van der Waals surface area (Å²) in [6.07, 6.45) is 8.01. The van der Waals surface area contributed by atoms with Gasteiger partial charge < -0.3 is 10.0 Å². The van der Waals surface area contributed by atoms with Gasteiger partial charge in [0, 0.05) is 18.3 Å². The summed E-state index contributed by atoms with van der Waals surface area (Å²) in [4.78, 5) is 13.6. The van der Waals surface area contributed by atoms with Crippen LogP contribution in [0, 0.1) is 0 Å². The highest BCUT2D eigenvalue weighted by atomic mass is 16.4. The Morgan fingerprint density at radius 1 is 1.33 bits per heavy atom. The molecule has 0 saturated heterocycles. The van der Waals surface area contributed by atoms with E-state index in [9.17, 15) is 4.79 Å². The highest BCUT2D eigenvalue weighted by Gasteiger charge is 2.29. The first-order valence-corrected chi connectivity index (χ1v) is 8.27. The van der Waals surface area contributed by atoms with Gasteiger partial charge in [-0.25, -0.2) is 0 Å². The lowest BCUT2D eigenvalue weighted by Gasteiger charge is -2.33. The van der Waals surface area contributed by atoms with Gasteiger partial charge in [-0.15, -0.1) is 0 Å². The predicted octanol–water partition coefficient (Wildman–Crippen LogP) is 3.96. The average molecular weight is 287 g/mol. The van der Waals surface area contributed by atoms with Crippen LogP contribution in [0.4, 0.5) is 5.69 Å². The molecule has 1 unspecified atom stereocenters. The lowest BCUT2D eigenvalue weighted by Crippen LogP contribution is -2.35. The normalized spacial score (nSPS) is 20.3. The van der Waals surface area contributed by atoms with Gasteiger partial charge in [-0.3, -0.25) is 4.79 Å². The quantitative estimate of drug-likeness (QED) is 0.911. The molecule has 0 amide bonds. The van der Waals surface area contributed by atoms with Crippen LogP contribution in [0.5, 0.6) is 0 Å². The van der Waals surface area contributed by atoms with E-state index in [0.717, 1.165) is 13.0 Å². The highest BCUT2D eigenvalue weighted by molar-refractivity contribution is 5.69. The maximum Gasteiger partial charge on any atom is 0.303 e. The zero-order chi connectivity index (χ0) is 14.8. The first kappa shape index (κ1) is 14.4. The fraction of sp³-hybridized carbons (Fsp3) is 0.611. The summed E-state index contributed by atoms with van der Waals surface area (Å²) < 4.78 is 0. The number of anilines is 1. The molecule has 1 saturated carbocycles. The average Bonchev–Trinajstić information content (AvgIpc) is 2.91. The van der Waals surface area contributed by atoms with E-state index in [4.69, 9.17) is 5.11 Å². The van der Waals surface area contributed by atoms with Gasteiger partial charge in [-0.05, 0) is 42.4 Å². The Morgan fingerprint density at radius 3 is 2.81 bits per heavy atom. The second-order valence-electron chi connectivity index (χ2n) is 6.58. The molecule has 3 rings (SSSR count). The summed E-state index contributed by atoms with van der Waals surface area (Å²) in [7, 11) is 0. The second-order valence-corrected chi connectivity index (χ2v) is 6.58. The fourth-order valence-electron chi connectivity index (χ4n) is 4.09. The van der Waals surface area contributed by atoms with Crippen molar-refractivity contribution in [2.75, 3.05) is 11.4 Å². The minimum absolute atomic E-state index is 0.101. The number of aliphatic carboxylic acids is 1. The largest absolute Gasteiger partial charge is 0.481 e. The number of rotatable bonds is 4. The number of nitrogens with zero attached hydrogens (tertiary/aromatic N) is 1. The minimum Gasteiger partial charge on any atom is -0.481 e. The molecule has 1 aliphatic heterocycles. The van der Waals surface area contributed by atoms with E-state index >= 15 is 0 Å². The van der Waals surface area contributed by atoms with Gasteiger partial charge in [0.25, 0.3) is 0 Å². The highest BCUT2D eigenvalue weighted by Crippen LogP contribution is 2.38. The molecule has 1 aromatic rings. The maximum absolute atomic E-state index is 11.0. The van der Waals surface area contributed by atoms with Gasteiger partial charge in [0.15, 0.2) is 0 Å². The summed E-state index contributed by atoms with van der Waals surface area (Å²) >= 11 is 0. The van der Waals surface area contributed by atoms with Crippen LogP contribution in [0.2, 0.25) is 0 Å². The Balaban J connectivity index is 1.84. The molecule has 21 heavy (non-hydrogen) atoms. The van der Waals surface area contributed by atoms with Gasteiger partial charge >= 0.3 is 5.97 Å². The molecular formula is C18H25NO2. The third-order valence-corrected chi connectivity index (χ3v) is 5.13. The SMILES string of the molecule is CC(CC(=O)O)c1cccc2c1CCN2C1CCCCC1. The van der Waals surface area contributed by atoms with Gasteiger partial charge in [-0.1, -0.05) is 38.3 Å². The Morgan fingerprint density at radius 2 is 2.10 bits per heavy atom. The number of fused-ring (bicyclic) bond motifs is 1. The Hall–Kier alpha value is -1.51. The summed E-state index contributed by atoms with van der Waals surface area (Å²) in [6.45, 7) is 3.14. The van der Waals surface area contributed by atoms with Crippen LogP contribution < -0.4 is 4.90 Å². The smallest absolute Gasteiger partial charge is 0.303 e. The number of carboxylic acid groups (broad SMARTS) is 1. The van der Waals surface area contributed by atoms with E-state index in [-0.39, 0.29) is 12.3 Å². The Bertz CT molecular complexity index is 520. The van der Waals surface area contributed by atoms with Crippen LogP contribution in [0.25, 0.3) is 0 Å². The third kappa shape index (κ3) is 2.92. The van der Waals surface area contributed by atoms with E-state index in [1.54, 1.807) is 0 Å². The van der Waals surface area contributed by atoms with E-state index < -0.39 is 5.97 Å². The standard InChI is InChI=1S/C18H25NO2/c1-13(12-18(20)21)15-8-5-9-17-16(15)10-11-19(17)14-6-3-2-4-7-14/h5,8-9,13-14H,2-4,6-7,10-12H2,1H3,(H,20,21).